The van der Waals surface area contributed by atoms with Crippen LogP contribution in [-0.4, -0.2) is 15.7 Å². The predicted molar refractivity (Wildman–Crippen MR) is 75.0 cm³/mol. The molecule has 19 heavy (non-hydrogen) atoms. The second kappa shape index (κ2) is 5.69. The number of rotatable bonds is 4. The van der Waals surface area contributed by atoms with Gasteiger partial charge in [-0.15, -0.1) is 0 Å². The fourth-order valence-electron chi connectivity index (χ4n) is 1.92. The van der Waals surface area contributed by atoms with Crippen molar-refractivity contribution in [1.82, 2.24) is 15.1 Å². The van der Waals surface area contributed by atoms with Gasteiger partial charge in [0.25, 0.3) is 5.91 Å². The van der Waals surface area contributed by atoms with Crippen LogP contribution in [0.1, 0.15) is 34.2 Å². The predicted octanol–water partition coefficient (Wildman–Crippen LogP) is 2.45. The largest absolute Gasteiger partial charge is 0.347 e. The van der Waals surface area contributed by atoms with Gasteiger partial charge >= 0.3 is 0 Å². The van der Waals surface area contributed by atoms with Gasteiger partial charge in [-0.25, -0.2) is 0 Å². The molecule has 100 valence electrons. The summed E-state index contributed by atoms with van der Waals surface area (Å²) in [5.74, 6) is -0.129. The highest BCUT2D eigenvalue weighted by atomic mass is 16.1. The number of nitrogens with zero attached hydrogens (tertiary/aromatic N) is 2. The summed E-state index contributed by atoms with van der Waals surface area (Å²) in [5.41, 5.74) is 3.78. The Hall–Kier alpha value is -2.10. The summed E-state index contributed by atoms with van der Waals surface area (Å²) >= 11 is 0. The molecule has 2 aromatic rings. The van der Waals surface area contributed by atoms with Crippen molar-refractivity contribution in [2.45, 2.75) is 33.9 Å². The summed E-state index contributed by atoms with van der Waals surface area (Å²) in [5, 5.41) is 7.14. The third kappa shape index (κ3) is 3.22. The van der Waals surface area contributed by atoms with E-state index in [4.69, 9.17) is 0 Å². The van der Waals surface area contributed by atoms with Gasteiger partial charge in [0.1, 0.15) is 5.69 Å². The molecule has 1 amide bonds. The topological polar surface area (TPSA) is 46.9 Å². The van der Waals surface area contributed by atoms with Crippen LogP contribution in [0.2, 0.25) is 0 Å². The minimum absolute atomic E-state index is 0.129. The Labute approximate surface area is 113 Å². The van der Waals surface area contributed by atoms with E-state index >= 15 is 0 Å². The minimum Gasteiger partial charge on any atom is -0.347 e. The zero-order valence-corrected chi connectivity index (χ0v) is 11.6. The van der Waals surface area contributed by atoms with Gasteiger partial charge in [0.05, 0.1) is 0 Å². The summed E-state index contributed by atoms with van der Waals surface area (Å²) in [4.78, 5) is 12.0. The number of aryl methyl sites for hydroxylation is 3. The maximum absolute atomic E-state index is 12.0. The van der Waals surface area contributed by atoms with Crippen molar-refractivity contribution in [3.8, 4) is 0 Å². The van der Waals surface area contributed by atoms with E-state index in [1.54, 1.807) is 0 Å². The molecular weight excluding hydrogens is 238 g/mol. The van der Waals surface area contributed by atoms with Gasteiger partial charge < -0.3 is 5.32 Å². The maximum Gasteiger partial charge on any atom is 0.272 e. The number of nitrogens with one attached hydrogen (secondary N) is 1. The molecule has 0 bridgehead atoms. The Morgan fingerprint density at radius 1 is 1.26 bits per heavy atom. The molecule has 1 aromatic carbocycles. The molecular formula is C15H19N3O. The molecule has 0 radical (unpaired) electrons. The number of aromatic nitrogens is 2. The van der Waals surface area contributed by atoms with Gasteiger partial charge in [0.2, 0.25) is 0 Å². The van der Waals surface area contributed by atoms with Crippen LogP contribution >= 0.6 is 0 Å². The summed E-state index contributed by atoms with van der Waals surface area (Å²) in [7, 11) is 0. The van der Waals surface area contributed by atoms with Crippen LogP contribution in [0.3, 0.4) is 0 Å². The SMILES string of the molecule is CCn1nc(C(=O)NCc2ccc(C)cc2)cc1C. The molecule has 0 unspecified atom stereocenters. The first-order chi connectivity index (χ1) is 9.10. The Morgan fingerprint density at radius 3 is 2.53 bits per heavy atom. The molecule has 0 aliphatic heterocycles. The van der Waals surface area contributed by atoms with Gasteiger partial charge in [-0.05, 0) is 32.4 Å². The van der Waals surface area contributed by atoms with Crippen LogP contribution in [0, 0.1) is 13.8 Å². The smallest absolute Gasteiger partial charge is 0.272 e. The van der Waals surface area contributed by atoms with Gasteiger partial charge in [-0.2, -0.15) is 5.10 Å². The van der Waals surface area contributed by atoms with E-state index in [-0.39, 0.29) is 5.91 Å². The summed E-state index contributed by atoms with van der Waals surface area (Å²) < 4.78 is 1.82. The molecule has 0 saturated heterocycles. The van der Waals surface area contributed by atoms with Crippen LogP contribution in [0.4, 0.5) is 0 Å². The lowest BCUT2D eigenvalue weighted by molar-refractivity contribution is 0.0945. The summed E-state index contributed by atoms with van der Waals surface area (Å²) in [6.45, 7) is 7.30. The van der Waals surface area contributed by atoms with Crippen LogP contribution < -0.4 is 5.32 Å². The van der Waals surface area contributed by atoms with Crippen LogP contribution in [0.15, 0.2) is 30.3 Å². The molecule has 0 aliphatic rings. The van der Waals surface area contributed by atoms with Gasteiger partial charge in [-0.1, -0.05) is 29.8 Å². The molecule has 1 aromatic heterocycles. The van der Waals surface area contributed by atoms with E-state index in [1.165, 1.54) is 5.56 Å². The van der Waals surface area contributed by atoms with E-state index in [0.29, 0.717) is 12.2 Å². The zero-order chi connectivity index (χ0) is 13.8. The second-order valence-corrected chi connectivity index (χ2v) is 4.65. The van der Waals surface area contributed by atoms with Crippen LogP contribution in [0.25, 0.3) is 0 Å². The molecule has 0 saturated carbocycles. The first kappa shape index (κ1) is 13.3. The highest BCUT2D eigenvalue weighted by Gasteiger charge is 2.11. The van der Waals surface area contributed by atoms with Crippen molar-refractivity contribution in [3.05, 3.63) is 52.8 Å². The average Bonchev–Trinajstić information content (AvgIpc) is 2.79. The fraction of sp³-hybridized carbons (Fsp3) is 0.333. The molecule has 0 atom stereocenters. The van der Waals surface area contributed by atoms with Crippen molar-refractivity contribution in [1.29, 1.82) is 0 Å². The van der Waals surface area contributed by atoms with Crippen molar-refractivity contribution < 1.29 is 4.79 Å². The number of carbonyl (C=O) groups excluding carboxylic acids is 1. The molecule has 1 N–H and O–H groups in total. The van der Waals surface area contributed by atoms with E-state index in [9.17, 15) is 4.79 Å². The Morgan fingerprint density at radius 2 is 1.95 bits per heavy atom. The van der Waals surface area contributed by atoms with Gasteiger partial charge in [0.15, 0.2) is 0 Å². The molecule has 4 heteroatoms. The van der Waals surface area contributed by atoms with E-state index in [1.807, 2.05) is 55.8 Å². The van der Waals surface area contributed by atoms with E-state index in [0.717, 1.165) is 17.8 Å². The summed E-state index contributed by atoms with van der Waals surface area (Å²) in [6, 6.07) is 9.93. The molecule has 0 spiro atoms. The van der Waals surface area contributed by atoms with Gasteiger partial charge in [0, 0.05) is 18.8 Å². The first-order valence-corrected chi connectivity index (χ1v) is 6.48. The fourth-order valence-corrected chi connectivity index (χ4v) is 1.92. The Balaban J connectivity index is 1.99. The number of hydrogen-bond acceptors (Lipinski definition) is 2. The van der Waals surface area contributed by atoms with Crippen molar-refractivity contribution >= 4 is 5.91 Å². The highest BCUT2D eigenvalue weighted by Crippen LogP contribution is 2.05. The number of hydrogen-bond donors (Lipinski definition) is 1. The quantitative estimate of drug-likeness (QED) is 0.914. The molecule has 1 heterocycles. The van der Waals surface area contributed by atoms with Crippen LogP contribution in [-0.2, 0) is 13.1 Å². The standard InChI is InChI=1S/C15H19N3O/c1-4-18-12(3)9-14(17-18)15(19)16-10-13-7-5-11(2)6-8-13/h5-9H,4,10H2,1-3H3,(H,16,19). The molecule has 0 aliphatic carbocycles. The van der Waals surface area contributed by atoms with Crippen molar-refractivity contribution in [3.63, 3.8) is 0 Å². The van der Waals surface area contributed by atoms with Gasteiger partial charge in [-0.3, -0.25) is 9.48 Å². The normalized spacial score (nSPS) is 10.5. The maximum atomic E-state index is 12.0. The Kier molecular flexibility index (Phi) is 4.00. The molecule has 2 rings (SSSR count). The lowest BCUT2D eigenvalue weighted by Crippen LogP contribution is -2.23. The second-order valence-electron chi connectivity index (χ2n) is 4.65. The van der Waals surface area contributed by atoms with Crippen molar-refractivity contribution in [2.75, 3.05) is 0 Å². The minimum atomic E-state index is -0.129. The van der Waals surface area contributed by atoms with Crippen LogP contribution in [0.5, 0.6) is 0 Å². The third-order valence-corrected chi connectivity index (χ3v) is 3.09. The lowest BCUT2D eigenvalue weighted by atomic mass is 10.1. The summed E-state index contributed by atoms with van der Waals surface area (Å²) in [6.07, 6.45) is 0. The van der Waals surface area contributed by atoms with Crippen molar-refractivity contribution in [2.24, 2.45) is 0 Å². The third-order valence-electron chi connectivity index (χ3n) is 3.09. The zero-order valence-electron chi connectivity index (χ0n) is 11.6. The monoisotopic (exact) mass is 257 g/mol. The number of amides is 1. The number of carbonyl (C=O) groups is 1. The highest BCUT2D eigenvalue weighted by molar-refractivity contribution is 5.92. The molecule has 4 nitrogen and oxygen atoms in total. The lowest BCUT2D eigenvalue weighted by Gasteiger charge is -2.03. The Bertz CT molecular complexity index is 570. The average molecular weight is 257 g/mol. The number of benzene rings is 1. The molecule has 0 fully saturated rings. The van der Waals surface area contributed by atoms with E-state index in [2.05, 4.69) is 10.4 Å². The van der Waals surface area contributed by atoms with E-state index < -0.39 is 0 Å². The first-order valence-electron chi connectivity index (χ1n) is 6.48.